The number of anilines is 2. The Morgan fingerprint density at radius 3 is 2.58 bits per heavy atom. The maximum atomic E-state index is 6.45. The van der Waals surface area contributed by atoms with Gasteiger partial charge in [0.15, 0.2) is 5.65 Å². The summed E-state index contributed by atoms with van der Waals surface area (Å²) in [5.74, 6) is 3.89. The van der Waals surface area contributed by atoms with Gasteiger partial charge < -0.3 is 15.1 Å². The number of piperidine rings is 1. The SMILES string of the molecule is CC1CC(N2CCC[C@H](C3CN(c4cc5nc(Cl)nn5c(N[C@H](C)c5ccc(Cl)cc5Cl)n4)C3)C2)C1. The standard InChI is InChI=1S/C26H32Cl3N7/c1-15-8-20(9-15)34-7-3-4-17(12-34)18-13-35(14-18)23-11-24-31-25(29)33-36(24)26(32-23)30-16(2)21-6-5-19(27)10-22(21)28/h5-6,10-11,15-18,20H,3-4,7-9,12-14H2,1-2H3,(H,30,32)/t15?,16-,17+,20?/m1/s1. The lowest BCUT2D eigenvalue weighted by atomic mass is 9.76. The fraction of sp³-hybridized carbons (Fsp3) is 0.577. The Kier molecular flexibility index (Phi) is 6.69. The smallest absolute Gasteiger partial charge is 0.243 e. The molecule has 10 heteroatoms. The Morgan fingerprint density at radius 2 is 1.83 bits per heavy atom. The average Bonchev–Trinajstić information content (AvgIpc) is 3.16. The van der Waals surface area contributed by atoms with Crippen molar-refractivity contribution < 1.29 is 0 Å². The average molecular weight is 549 g/mol. The van der Waals surface area contributed by atoms with Crippen LogP contribution in [0.5, 0.6) is 0 Å². The van der Waals surface area contributed by atoms with E-state index in [-0.39, 0.29) is 11.3 Å². The van der Waals surface area contributed by atoms with E-state index >= 15 is 0 Å². The molecule has 1 saturated carbocycles. The van der Waals surface area contributed by atoms with Gasteiger partial charge in [0.2, 0.25) is 11.2 Å². The minimum Gasteiger partial charge on any atom is -0.356 e. The molecule has 2 aromatic heterocycles. The minimum absolute atomic E-state index is 0.115. The van der Waals surface area contributed by atoms with E-state index in [1.54, 1.807) is 10.6 Å². The molecule has 3 aromatic rings. The fourth-order valence-electron chi connectivity index (χ4n) is 6.14. The molecule has 1 aromatic carbocycles. The Labute approximate surface area is 227 Å². The van der Waals surface area contributed by atoms with E-state index in [9.17, 15) is 0 Å². The van der Waals surface area contributed by atoms with Gasteiger partial charge in [-0.2, -0.15) is 14.5 Å². The number of nitrogens with one attached hydrogen (secondary N) is 1. The zero-order valence-electron chi connectivity index (χ0n) is 20.7. The van der Waals surface area contributed by atoms with Crippen LogP contribution in [0.2, 0.25) is 15.3 Å². The molecule has 1 aliphatic carbocycles. The van der Waals surface area contributed by atoms with E-state index in [0.29, 0.717) is 27.6 Å². The van der Waals surface area contributed by atoms with Crippen molar-refractivity contribution >= 4 is 52.2 Å². The Bertz CT molecular complexity index is 1250. The number of rotatable bonds is 6. The van der Waals surface area contributed by atoms with E-state index in [1.807, 2.05) is 25.1 Å². The molecule has 2 aliphatic heterocycles. The molecule has 3 aliphatic rings. The quantitative estimate of drug-likeness (QED) is 0.395. The van der Waals surface area contributed by atoms with Gasteiger partial charge in [0.1, 0.15) is 5.82 Å². The van der Waals surface area contributed by atoms with Crippen molar-refractivity contribution in [1.29, 1.82) is 0 Å². The van der Waals surface area contributed by atoms with Crippen LogP contribution in [0.1, 0.15) is 51.1 Å². The summed E-state index contributed by atoms with van der Waals surface area (Å²) in [5, 5.41) is 9.21. The highest BCUT2D eigenvalue weighted by Crippen LogP contribution is 2.38. The van der Waals surface area contributed by atoms with Gasteiger partial charge in [0.25, 0.3) is 0 Å². The summed E-state index contributed by atoms with van der Waals surface area (Å²) in [4.78, 5) is 14.5. The van der Waals surface area contributed by atoms with Gasteiger partial charge in [0.05, 0.1) is 6.04 Å². The van der Waals surface area contributed by atoms with E-state index in [1.165, 1.54) is 38.8 Å². The van der Waals surface area contributed by atoms with Crippen LogP contribution in [0, 0.1) is 17.8 Å². The third-order valence-corrected chi connectivity index (χ3v) is 9.04. The van der Waals surface area contributed by atoms with Crippen LogP contribution in [0.15, 0.2) is 24.3 Å². The third-order valence-electron chi connectivity index (χ3n) is 8.32. The summed E-state index contributed by atoms with van der Waals surface area (Å²) < 4.78 is 1.65. The summed E-state index contributed by atoms with van der Waals surface area (Å²) in [6.45, 7) is 9.01. The third kappa shape index (κ3) is 4.75. The van der Waals surface area contributed by atoms with Crippen LogP contribution in [0.25, 0.3) is 5.65 Å². The number of likely N-dealkylation sites (tertiary alicyclic amines) is 1. The molecule has 6 rings (SSSR count). The van der Waals surface area contributed by atoms with Crippen molar-refractivity contribution in [3.05, 3.63) is 45.2 Å². The van der Waals surface area contributed by atoms with Crippen LogP contribution in [-0.4, -0.2) is 56.7 Å². The maximum Gasteiger partial charge on any atom is 0.243 e. The van der Waals surface area contributed by atoms with Gasteiger partial charge in [-0.3, -0.25) is 0 Å². The lowest BCUT2D eigenvalue weighted by Gasteiger charge is -2.50. The molecule has 0 amide bonds. The molecule has 0 bridgehead atoms. The summed E-state index contributed by atoms with van der Waals surface area (Å²) in [6.07, 6.45) is 5.43. The molecule has 3 fully saturated rings. The van der Waals surface area contributed by atoms with Crippen molar-refractivity contribution in [2.24, 2.45) is 17.8 Å². The summed E-state index contributed by atoms with van der Waals surface area (Å²) in [6, 6.07) is 8.20. The highest BCUT2D eigenvalue weighted by atomic mass is 35.5. The molecule has 2 atom stereocenters. The summed E-state index contributed by atoms with van der Waals surface area (Å²) in [5.41, 5.74) is 1.60. The van der Waals surface area contributed by atoms with Gasteiger partial charge in [0, 0.05) is 41.8 Å². The molecule has 36 heavy (non-hydrogen) atoms. The highest BCUT2D eigenvalue weighted by molar-refractivity contribution is 6.35. The van der Waals surface area contributed by atoms with Gasteiger partial charge in [-0.1, -0.05) is 36.2 Å². The van der Waals surface area contributed by atoms with Crippen molar-refractivity contribution in [2.75, 3.05) is 36.4 Å². The number of aromatic nitrogens is 4. The number of halogens is 3. The molecule has 7 nitrogen and oxygen atoms in total. The first-order valence-corrected chi connectivity index (χ1v) is 14.1. The first kappa shape index (κ1) is 24.5. The van der Waals surface area contributed by atoms with Crippen molar-refractivity contribution in [3.8, 4) is 0 Å². The van der Waals surface area contributed by atoms with Crippen molar-refractivity contribution in [1.82, 2.24) is 24.5 Å². The lowest BCUT2D eigenvalue weighted by Crippen LogP contribution is -2.56. The predicted molar refractivity (Wildman–Crippen MR) is 146 cm³/mol. The normalized spacial score (nSPS) is 26.0. The number of fused-ring (bicyclic) bond motifs is 1. The monoisotopic (exact) mass is 547 g/mol. The topological polar surface area (TPSA) is 61.6 Å². The van der Waals surface area contributed by atoms with E-state index in [2.05, 4.69) is 32.1 Å². The molecule has 192 valence electrons. The van der Waals surface area contributed by atoms with Crippen molar-refractivity contribution in [3.63, 3.8) is 0 Å². The zero-order valence-corrected chi connectivity index (χ0v) is 22.9. The first-order valence-electron chi connectivity index (χ1n) is 13.0. The number of nitrogens with zero attached hydrogens (tertiary/aromatic N) is 6. The van der Waals surface area contributed by atoms with E-state index < -0.39 is 0 Å². The maximum absolute atomic E-state index is 6.45. The number of hydrogen-bond donors (Lipinski definition) is 1. The molecule has 2 saturated heterocycles. The Hall–Kier alpha value is -1.80. The second-order valence-electron chi connectivity index (χ2n) is 10.9. The Morgan fingerprint density at radius 1 is 1.03 bits per heavy atom. The minimum atomic E-state index is -0.115. The second kappa shape index (κ2) is 9.82. The lowest BCUT2D eigenvalue weighted by molar-refractivity contribution is 0.0295. The van der Waals surface area contributed by atoms with Gasteiger partial charge in [-0.25, -0.2) is 0 Å². The van der Waals surface area contributed by atoms with E-state index in [0.717, 1.165) is 42.3 Å². The molecule has 0 unspecified atom stereocenters. The summed E-state index contributed by atoms with van der Waals surface area (Å²) in [7, 11) is 0. The van der Waals surface area contributed by atoms with Crippen molar-refractivity contribution in [2.45, 2.75) is 51.6 Å². The van der Waals surface area contributed by atoms with Crippen LogP contribution in [0.4, 0.5) is 11.8 Å². The zero-order chi connectivity index (χ0) is 25.0. The first-order chi connectivity index (χ1) is 17.3. The second-order valence-corrected chi connectivity index (χ2v) is 12.1. The van der Waals surface area contributed by atoms with Crippen LogP contribution >= 0.6 is 34.8 Å². The predicted octanol–water partition coefficient (Wildman–Crippen LogP) is 6.20. The Balaban J connectivity index is 1.17. The molecule has 0 radical (unpaired) electrons. The molecular weight excluding hydrogens is 517 g/mol. The number of benzene rings is 1. The number of hydrogen-bond acceptors (Lipinski definition) is 6. The summed E-state index contributed by atoms with van der Waals surface area (Å²) >= 11 is 18.7. The molecule has 4 heterocycles. The molecule has 1 N–H and O–H groups in total. The largest absolute Gasteiger partial charge is 0.356 e. The van der Waals surface area contributed by atoms with Gasteiger partial charge in [-0.15, -0.1) is 5.10 Å². The van der Waals surface area contributed by atoms with E-state index in [4.69, 9.17) is 39.8 Å². The fourth-order valence-corrected chi connectivity index (χ4v) is 6.88. The van der Waals surface area contributed by atoms with Gasteiger partial charge >= 0.3 is 0 Å². The highest BCUT2D eigenvalue weighted by Gasteiger charge is 2.40. The molecule has 0 spiro atoms. The molecular formula is C26H32Cl3N7. The van der Waals surface area contributed by atoms with Crippen LogP contribution in [0.3, 0.4) is 0 Å². The van der Waals surface area contributed by atoms with Crippen LogP contribution in [-0.2, 0) is 0 Å². The van der Waals surface area contributed by atoms with Gasteiger partial charge in [-0.05, 0) is 86.2 Å². The van der Waals surface area contributed by atoms with Crippen LogP contribution < -0.4 is 10.2 Å².